The van der Waals surface area contributed by atoms with Crippen LogP contribution in [0.4, 0.5) is 5.69 Å². The molecule has 0 radical (unpaired) electrons. The summed E-state index contributed by atoms with van der Waals surface area (Å²) in [6.45, 7) is 3.96. The van der Waals surface area contributed by atoms with Gasteiger partial charge in [-0.2, -0.15) is 0 Å². The van der Waals surface area contributed by atoms with Crippen LogP contribution in [0.1, 0.15) is 16.7 Å². The van der Waals surface area contributed by atoms with Crippen LogP contribution in [0.2, 0.25) is 0 Å². The van der Waals surface area contributed by atoms with E-state index in [4.69, 9.17) is 4.74 Å². The lowest BCUT2D eigenvalue weighted by Gasteiger charge is -2.21. The third-order valence-electron chi connectivity index (χ3n) is 3.71. The molecule has 0 saturated heterocycles. The lowest BCUT2D eigenvalue weighted by molar-refractivity contribution is 0.414. The molecule has 0 aliphatic carbocycles. The largest absolute Gasteiger partial charge is 0.497 e. The van der Waals surface area contributed by atoms with Gasteiger partial charge in [-0.05, 0) is 54.9 Å². The zero-order valence-corrected chi connectivity index (χ0v) is 13.3. The smallest absolute Gasteiger partial charge is 0.118 e. The van der Waals surface area contributed by atoms with E-state index in [9.17, 15) is 0 Å². The molecule has 3 nitrogen and oxygen atoms in total. The van der Waals surface area contributed by atoms with Gasteiger partial charge in [0.15, 0.2) is 0 Å². The molecule has 0 fully saturated rings. The Labute approximate surface area is 127 Å². The highest BCUT2D eigenvalue weighted by Gasteiger charge is 2.05. The van der Waals surface area contributed by atoms with Crippen molar-refractivity contribution in [3.05, 3.63) is 59.2 Å². The molecular formula is C18H24N2O. The van der Waals surface area contributed by atoms with Crippen molar-refractivity contribution in [1.29, 1.82) is 0 Å². The Morgan fingerprint density at radius 1 is 1.10 bits per heavy atom. The molecule has 2 aromatic carbocycles. The van der Waals surface area contributed by atoms with Crippen LogP contribution in [-0.4, -0.2) is 21.2 Å². The van der Waals surface area contributed by atoms with Gasteiger partial charge in [0.25, 0.3) is 0 Å². The molecule has 0 aliphatic rings. The predicted molar refractivity (Wildman–Crippen MR) is 89.0 cm³/mol. The molecule has 2 aromatic rings. The Morgan fingerprint density at radius 2 is 1.81 bits per heavy atom. The molecule has 112 valence electrons. The van der Waals surface area contributed by atoms with Crippen molar-refractivity contribution in [3.63, 3.8) is 0 Å². The van der Waals surface area contributed by atoms with Gasteiger partial charge < -0.3 is 15.0 Å². The highest BCUT2D eigenvalue weighted by Crippen LogP contribution is 2.21. The van der Waals surface area contributed by atoms with E-state index in [0.717, 1.165) is 18.8 Å². The molecule has 1 N–H and O–H groups in total. The molecule has 0 heterocycles. The lowest BCUT2D eigenvalue weighted by atomic mass is 10.1. The molecule has 0 spiro atoms. The van der Waals surface area contributed by atoms with Gasteiger partial charge >= 0.3 is 0 Å². The topological polar surface area (TPSA) is 24.5 Å². The van der Waals surface area contributed by atoms with Crippen LogP contribution in [-0.2, 0) is 13.1 Å². The summed E-state index contributed by atoms with van der Waals surface area (Å²) in [5.74, 6) is 0.897. The van der Waals surface area contributed by atoms with Gasteiger partial charge in [0.1, 0.15) is 5.75 Å². The first-order chi connectivity index (χ1) is 10.1. The zero-order chi connectivity index (χ0) is 15.2. The molecule has 0 atom stereocenters. The van der Waals surface area contributed by atoms with Crippen LogP contribution >= 0.6 is 0 Å². The molecule has 0 aromatic heterocycles. The van der Waals surface area contributed by atoms with E-state index in [0.29, 0.717) is 0 Å². The normalized spacial score (nSPS) is 10.5. The Kier molecular flexibility index (Phi) is 5.23. The standard InChI is InChI=1S/C18H24N2O/c1-14-11-17(8-7-16(14)12-19-2)20(3)13-15-5-9-18(21-4)10-6-15/h5-11,19H,12-13H2,1-4H3. The first-order valence-corrected chi connectivity index (χ1v) is 7.22. The number of methoxy groups -OCH3 is 1. The van der Waals surface area contributed by atoms with Crippen LogP contribution < -0.4 is 15.0 Å². The Hall–Kier alpha value is -2.00. The van der Waals surface area contributed by atoms with Crippen molar-refractivity contribution in [2.75, 3.05) is 26.1 Å². The minimum atomic E-state index is 0.884. The van der Waals surface area contributed by atoms with Gasteiger partial charge in [-0.25, -0.2) is 0 Å². The maximum Gasteiger partial charge on any atom is 0.118 e. The van der Waals surface area contributed by atoms with Gasteiger partial charge in [-0.3, -0.25) is 0 Å². The van der Waals surface area contributed by atoms with E-state index >= 15 is 0 Å². The Balaban J connectivity index is 2.08. The fourth-order valence-electron chi connectivity index (χ4n) is 2.40. The molecule has 0 saturated carbocycles. The fraction of sp³-hybridized carbons (Fsp3) is 0.333. The first kappa shape index (κ1) is 15.4. The maximum atomic E-state index is 5.19. The lowest BCUT2D eigenvalue weighted by Crippen LogP contribution is -2.17. The average molecular weight is 284 g/mol. The summed E-state index contributed by atoms with van der Waals surface area (Å²) in [6, 6.07) is 14.9. The number of aryl methyl sites for hydroxylation is 1. The number of nitrogens with one attached hydrogen (secondary N) is 1. The molecule has 21 heavy (non-hydrogen) atoms. The summed E-state index contributed by atoms with van der Waals surface area (Å²) in [7, 11) is 5.79. The quantitative estimate of drug-likeness (QED) is 0.880. The number of ether oxygens (including phenoxy) is 1. The minimum Gasteiger partial charge on any atom is -0.497 e. The third kappa shape index (κ3) is 3.99. The molecular weight excluding hydrogens is 260 g/mol. The van der Waals surface area contributed by atoms with E-state index in [1.807, 2.05) is 19.2 Å². The van der Waals surface area contributed by atoms with E-state index in [1.165, 1.54) is 22.4 Å². The zero-order valence-electron chi connectivity index (χ0n) is 13.3. The molecule has 0 aliphatic heterocycles. The molecule has 2 rings (SSSR count). The van der Waals surface area contributed by atoms with E-state index in [1.54, 1.807) is 7.11 Å². The highest BCUT2D eigenvalue weighted by molar-refractivity contribution is 5.50. The predicted octanol–water partition coefficient (Wildman–Crippen LogP) is 3.36. The molecule has 0 bridgehead atoms. The highest BCUT2D eigenvalue weighted by atomic mass is 16.5. The van der Waals surface area contributed by atoms with Crippen molar-refractivity contribution in [1.82, 2.24) is 5.32 Å². The van der Waals surface area contributed by atoms with E-state index in [-0.39, 0.29) is 0 Å². The van der Waals surface area contributed by atoms with Gasteiger partial charge in [-0.15, -0.1) is 0 Å². The van der Waals surface area contributed by atoms with Gasteiger partial charge in [0, 0.05) is 25.8 Å². The molecule has 0 amide bonds. The van der Waals surface area contributed by atoms with E-state index < -0.39 is 0 Å². The van der Waals surface area contributed by atoms with Crippen LogP contribution in [0.25, 0.3) is 0 Å². The van der Waals surface area contributed by atoms with Crippen LogP contribution in [0.3, 0.4) is 0 Å². The number of nitrogens with zero attached hydrogens (tertiary/aromatic N) is 1. The van der Waals surface area contributed by atoms with Crippen LogP contribution in [0, 0.1) is 6.92 Å². The molecule has 3 heteroatoms. The summed E-state index contributed by atoms with van der Waals surface area (Å²) in [6.07, 6.45) is 0. The number of rotatable bonds is 6. The summed E-state index contributed by atoms with van der Waals surface area (Å²) in [4.78, 5) is 2.26. The molecule has 0 unspecified atom stereocenters. The van der Waals surface area contributed by atoms with Crippen LogP contribution in [0.15, 0.2) is 42.5 Å². The average Bonchev–Trinajstić information content (AvgIpc) is 2.50. The number of anilines is 1. The second-order valence-corrected chi connectivity index (χ2v) is 5.35. The van der Waals surface area contributed by atoms with Crippen molar-refractivity contribution in [2.45, 2.75) is 20.0 Å². The second-order valence-electron chi connectivity index (χ2n) is 5.35. The van der Waals surface area contributed by atoms with Gasteiger partial charge in [-0.1, -0.05) is 18.2 Å². The SMILES string of the molecule is CNCc1ccc(N(C)Cc2ccc(OC)cc2)cc1C. The van der Waals surface area contributed by atoms with Gasteiger partial charge in [0.2, 0.25) is 0 Å². The number of benzene rings is 2. The monoisotopic (exact) mass is 284 g/mol. The van der Waals surface area contributed by atoms with Crippen LogP contribution in [0.5, 0.6) is 5.75 Å². The van der Waals surface area contributed by atoms with E-state index in [2.05, 4.69) is 54.5 Å². The van der Waals surface area contributed by atoms with Crippen molar-refractivity contribution in [3.8, 4) is 5.75 Å². The maximum absolute atomic E-state index is 5.19. The van der Waals surface area contributed by atoms with Crippen molar-refractivity contribution < 1.29 is 4.74 Å². The fourth-order valence-corrected chi connectivity index (χ4v) is 2.40. The minimum absolute atomic E-state index is 0.884. The Morgan fingerprint density at radius 3 is 2.38 bits per heavy atom. The third-order valence-corrected chi connectivity index (χ3v) is 3.71. The second kappa shape index (κ2) is 7.14. The summed E-state index contributed by atoms with van der Waals surface area (Å²) in [5.41, 5.74) is 5.18. The number of hydrogen-bond donors (Lipinski definition) is 1. The summed E-state index contributed by atoms with van der Waals surface area (Å²) in [5, 5.41) is 3.20. The van der Waals surface area contributed by atoms with Crippen molar-refractivity contribution >= 4 is 5.69 Å². The first-order valence-electron chi connectivity index (χ1n) is 7.22. The Bertz CT molecular complexity index is 578. The van der Waals surface area contributed by atoms with Crippen molar-refractivity contribution in [2.24, 2.45) is 0 Å². The number of hydrogen-bond acceptors (Lipinski definition) is 3. The summed E-state index contributed by atoms with van der Waals surface area (Å²) < 4.78 is 5.19. The van der Waals surface area contributed by atoms with Gasteiger partial charge in [0.05, 0.1) is 7.11 Å². The summed E-state index contributed by atoms with van der Waals surface area (Å²) >= 11 is 0.